The fraction of sp³-hybridized carbons (Fsp3) is 0.211. The normalized spacial score (nSPS) is 10.4. The number of para-hydroxylation sites is 2. The first kappa shape index (κ1) is 19.2. The second-order valence-electron chi connectivity index (χ2n) is 5.63. The molecule has 0 spiro atoms. The monoisotopic (exact) mass is 400 g/mol. The number of aryl methyl sites for hydroxylation is 1. The number of hydrogen-bond acceptors (Lipinski definition) is 7. The second kappa shape index (κ2) is 9.38. The van der Waals surface area contributed by atoms with Crippen LogP contribution >= 0.6 is 23.1 Å². The Kier molecular flexibility index (Phi) is 6.67. The maximum atomic E-state index is 12.2. The predicted molar refractivity (Wildman–Crippen MR) is 111 cm³/mol. The van der Waals surface area contributed by atoms with Gasteiger partial charge in [-0.15, -0.1) is 10.2 Å². The second-order valence-corrected chi connectivity index (χ2v) is 7.83. The number of rotatable bonds is 8. The third-order valence-electron chi connectivity index (χ3n) is 3.50. The number of hydrogen-bond donors (Lipinski definition) is 2. The summed E-state index contributed by atoms with van der Waals surface area (Å²) >= 11 is 2.77. The van der Waals surface area contributed by atoms with Crippen molar-refractivity contribution in [3.8, 4) is 5.75 Å². The molecule has 0 bridgehead atoms. The molecule has 0 atom stereocenters. The fourth-order valence-corrected chi connectivity index (χ4v) is 3.82. The predicted octanol–water partition coefficient (Wildman–Crippen LogP) is 4.72. The largest absolute Gasteiger partial charge is 0.492 e. The molecular formula is C19H20N4O2S2. The van der Waals surface area contributed by atoms with Gasteiger partial charge < -0.3 is 15.4 Å². The minimum absolute atomic E-state index is 0.115. The average molecular weight is 401 g/mol. The van der Waals surface area contributed by atoms with Crippen LogP contribution in [0.1, 0.15) is 12.5 Å². The van der Waals surface area contributed by atoms with Crippen LogP contribution in [0.4, 0.5) is 16.5 Å². The third kappa shape index (κ3) is 5.70. The van der Waals surface area contributed by atoms with E-state index in [1.54, 1.807) is 0 Å². The van der Waals surface area contributed by atoms with Crippen molar-refractivity contribution in [2.45, 2.75) is 18.2 Å². The van der Waals surface area contributed by atoms with Crippen LogP contribution < -0.4 is 15.4 Å². The first-order valence-electron chi connectivity index (χ1n) is 8.45. The van der Waals surface area contributed by atoms with E-state index in [4.69, 9.17) is 4.74 Å². The van der Waals surface area contributed by atoms with E-state index in [2.05, 4.69) is 20.8 Å². The molecule has 6 nitrogen and oxygen atoms in total. The lowest BCUT2D eigenvalue weighted by Gasteiger charge is -2.10. The molecule has 1 amide bonds. The summed E-state index contributed by atoms with van der Waals surface area (Å²) in [5.74, 6) is 0.800. The van der Waals surface area contributed by atoms with Crippen molar-refractivity contribution in [2.75, 3.05) is 23.0 Å². The molecule has 0 saturated heterocycles. The molecule has 0 aliphatic rings. The van der Waals surface area contributed by atoms with Gasteiger partial charge in [0.25, 0.3) is 0 Å². The lowest BCUT2D eigenvalue weighted by atomic mass is 10.2. The first-order valence-corrected chi connectivity index (χ1v) is 10.3. The number of carbonyl (C=O) groups excluding carboxylic acids is 1. The number of nitrogens with zero attached hydrogens (tertiary/aromatic N) is 2. The molecule has 27 heavy (non-hydrogen) atoms. The van der Waals surface area contributed by atoms with Crippen LogP contribution in [-0.4, -0.2) is 28.5 Å². The maximum absolute atomic E-state index is 12.2. The van der Waals surface area contributed by atoms with Crippen molar-refractivity contribution in [3.05, 3.63) is 54.1 Å². The van der Waals surface area contributed by atoms with Crippen LogP contribution in [0.25, 0.3) is 0 Å². The van der Waals surface area contributed by atoms with Crippen molar-refractivity contribution in [1.29, 1.82) is 0 Å². The van der Waals surface area contributed by atoms with Gasteiger partial charge in [-0.3, -0.25) is 4.79 Å². The van der Waals surface area contributed by atoms with Crippen molar-refractivity contribution >= 4 is 45.5 Å². The summed E-state index contributed by atoms with van der Waals surface area (Å²) in [5.41, 5.74) is 2.83. The topological polar surface area (TPSA) is 76.1 Å². The van der Waals surface area contributed by atoms with Crippen LogP contribution in [0.3, 0.4) is 0 Å². The van der Waals surface area contributed by atoms with Gasteiger partial charge in [-0.25, -0.2) is 0 Å². The van der Waals surface area contributed by atoms with E-state index in [1.165, 1.54) is 28.7 Å². The highest BCUT2D eigenvalue weighted by atomic mass is 32.2. The quantitative estimate of drug-likeness (QED) is 0.533. The molecule has 3 aromatic rings. The number of amides is 1. The Hall–Kier alpha value is -2.58. The number of anilines is 3. The summed E-state index contributed by atoms with van der Waals surface area (Å²) in [7, 11) is 0. The molecule has 8 heteroatoms. The highest BCUT2D eigenvalue weighted by Crippen LogP contribution is 2.28. The Morgan fingerprint density at radius 1 is 1.15 bits per heavy atom. The zero-order chi connectivity index (χ0) is 19.1. The standard InChI is InChI=1S/C19H20N4O2S2/c1-3-25-16-7-5-4-6-15(16)21-17(24)12-26-19-23-22-18(27-19)20-14-10-8-13(2)9-11-14/h4-11H,3,12H2,1-2H3,(H,20,22)(H,21,24). The van der Waals surface area contributed by atoms with Crippen LogP contribution in [0.2, 0.25) is 0 Å². The molecule has 0 aliphatic carbocycles. The fourth-order valence-electron chi connectivity index (χ4n) is 2.24. The summed E-state index contributed by atoms with van der Waals surface area (Å²) in [5, 5.41) is 15.0. The van der Waals surface area contributed by atoms with Gasteiger partial charge in [0.2, 0.25) is 11.0 Å². The SMILES string of the molecule is CCOc1ccccc1NC(=O)CSc1nnc(Nc2ccc(C)cc2)s1. The van der Waals surface area contributed by atoms with Gasteiger partial charge in [-0.1, -0.05) is 52.9 Å². The molecule has 0 radical (unpaired) electrons. The minimum Gasteiger partial charge on any atom is -0.492 e. The minimum atomic E-state index is -0.115. The molecule has 1 aromatic heterocycles. The smallest absolute Gasteiger partial charge is 0.234 e. The molecule has 0 saturated carbocycles. The van der Waals surface area contributed by atoms with E-state index in [1.807, 2.05) is 62.4 Å². The molecule has 2 N–H and O–H groups in total. The van der Waals surface area contributed by atoms with Crippen molar-refractivity contribution in [2.24, 2.45) is 0 Å². The Bertz CT molecular complexity index is 897. The van der Waals surface area contributed by atoms with E-state index < -0.39 is 0 Å². The number of thioether (sulfide) groups is 1. The Morgan fingerprint density at radius 2 is 1.93 bits per heavy atom. The van der Waals surface area contributed by atoms with E-state index in [9.17, 15) is 4.79 Å². The van der Waals surface area contributed by atoms with Gasteiger partial charge >= 0.3 is 0 Å². The molecule has 1 heterocycles. The number of aromatic nitrogens is 2. The van der Waals surface area contributed by atoms with Crippen LogP contribution in [0, 0.1) is 6.92 Å². The Balaban J connectivity index is 1.52. The van der Waals surface area contributed by atoms with E-state index in [0.717, 1.165) is 10.0 Å². The number of ether oxygens (including phenoxy) is 1. The summed E-state index contributed by atoms with van der Waals surface area (Å²) < 4.78 is 6.25. The van der Waals surface area contributed by atoms with Crippen molar-refractivity contribution < 1.29 is 9.53 Å². The summed E-state index contributed by atoms with van der Waals surface area (Å²) in [6.07, 6.45) is 0. The summed E-state index contributed by atoms with van der Waals surface area (Å²) in [6, 6.07) is 15.4. The molecule has 2 aromatic carbocycles. The number of carbonyl (C=O) groups is 1. The lowest BCUT2D eigenvalue weighted by molar-refractivity contribution is -0.113. The molecule has 3 rings (SSSR count). The van der Waals surface area contributed by atoms with Gasteiger partial charge in [0.1, 0.15) is 5.75 Å². The van der Waals surface area contributed by atoms with Gasteiger partial charge in [0.15, 0.2) is 4.34 Å². The molecule has 0 unspecified atom stereocenters. The highest BCUT2D eigenvalue weighted by molar-refractivity contribution is 8.01. The maximum Gasteiger partial charge on any atom is 0.234 e. The van der Waals surface area contributed by atoms with Gasteiger partial charge in [0, 0.05) is 5.69 Å². The highest BCUT2D eigenvalue weighted by Gasteiger charge is 2.11. The van der Waals surface area contributed by atoms with E-state index in [0.29, 0.717) is 23.2 Å². The molecule has 0 aliphatic heterocycles. The molecule has 140 valence electrons. The van der Waals surface area contributed by atoms with Crippen LogP contribution in [-0.2, 0) is 4.79 Å². The van der Waals surface area contributed by atoms with Crippen molar-refractivity contribution in [1.82, 2.24) is 10.2 Å². The van der Waals surface area contributed by atoms with E-state index in [-0.39, 0.29) is 11.7 Å². The molecular weight excluding hydrogens is 380 g/mol. The van der Waals surface area contributed by atoms with Crippen LogP contribution in [0.15, 0.2) is 52.9 Å². The average Bonchev–Trinajstić information content (AvgIpc) is 3.11. The summed E-state index contributed by atoms with van der Waals surface area (Å²) in [6.45, 7) is 4.50. The van der Waals surface area contributed by atoms with Gasteiger partial charge in [-0.2, -0.15) is 0 Å². The zero-order valence-corrected chi connectivity index (χ0v) is 16.7. The number of benzene rings is 2. The summed E-state index contributed by atoms with van der Waals surface area (Å²) in [4.78, 5) is 12.2. The van der Waals surface area contributed by atoms with Gasteiger partial charge in [0.05, 0.1) is 18.0 Å². The zero-order valence-electron chi connectivity index (χ0n) is 15.1. The molecule has 0 fully saturated rings. The number of nitrogens with one attached hydrogen (secondary N) is 2. The Labute approximate surface area is 166 Å². The van der Waals surface area contributed by atoms with Crippen LogP contribution in [0.5, 0.6) is 5.75 Å². The Morgan fingerprint density at radius 3 is 2.70 bits per heavy atom. The van der Waals surface area contributed by atoms with Gasteiger partial charge in [-0.05, 0) is 38.1 Å². The first-order chi connectivity index (χ1) is 13.1. The van der Waals surface area contributed by atoms with Crippen molar-refractivity contribution in [3.63, 3.8) is 0 Å². The third-order valence-corrected chi connectivity index (χ3v) is 5.47. The lowest BCUT2D eigenvalue weighted by Crippen LogP contribution is -2.14. The van der Waals surface area contributed by atoms with E-state index >= 15 is 0 Å².